The monoisotopic (exact) mass is 485 g/mol. The summed E-state index contributed by atoms with van der Waals surface area (Å²) in [6.07, 6.45) is -2.34. The van der Waals surface area contributed by atoms with E-state index in [0.29, 0.717) is 21.8 Å². The lowest BCUT2D eigenvalue weighted by Crippen LogP contribution is -2.38. The molecule has 10 heteroatoms. The number of fused-ring (bicyclic) bond motifs is 2. The number of halogens is 3. The van der Waals surface area contributed by atoms with E-state index >= 15 is 0 Å². The van der Waals surface area contributed by atoms with Gasteiger partial charge in [-0.15, -0.1) is 11.3 Å². The van der Waals surface area contributed by atoms with E-state index in [0.717, 1.165) is 54.7 Å². The first kappa shape index (κ1) is 22.6. The molecule has 0 radical (unpaired) electrons. The summed E-state index contributed by atoms with van der Waals surface area (Å²) in [7, 11) is 0. The quantitative estimate of drug-likeness (QED) is 0.404. The summed E-state index contributed by atoms with van der Waals surface area (Å²) in [6, 6.07) is 9.66. The van der Waals surface area contributed by atoms with Crippen LogP contribution in [0.1, 0.15) is 34.5 Å². The average Bonchev–Trinajstić information content (AvgIpc) is 3.40. The predicted molar refractivity (Wildman–Crippen MR) is 124 cm³/mol. The minimum atomic E-state index is -4.26. The number of H-pyrrole nitrogens is 1. The summed E-state index contributed by atoms with van der Waals surface area (Å²) in [5.41, 5.74) is 3.92. The number of ether oxygens (including phenoxy) is 1. The van der Waals surface area contributed by atoms with E-state index in [-0.39, 0.29) is 11.0 Å². The largest absolute Gasteiger partial charge is 0.474 e. The zero-order chi connectivity index (χ0) is 23.9. The van der Waals surface area contributed by atoms with Gasteiger partial charge in [-0.25, -0.2) is 9.97 Å². The number of hydrogen-bond donors (Lipinski definition) is 1. The van der Waals surface area contributed by atoms with Crippen molar-refractivity contribution in [3.63, 3.8) is 0 Å². The number of aromatic nitrogens is 3. The molecule has 4 heterocycles. The lowest BCUT2D eigenvalue weighted by atomic mass is 10.0. The molecule has 0 spiro atoms. The highest BCUT2D eigenvalue weighted by atomic mass is 32.1. The summed E-state index contributed by atoms with van der Waals surface area (Å²) in [4.78, 5) is 14.5. The number of hydrogen-bond acceptors (Lipinski definition) is 6. The normalized spacial score (nSPS) is 15.7. The molecule has 6 nitrogen and oxygen atoms in total. The number of nitrogens with one attached hydrogen (secondary N) is 1. The molecule has 0 amide bonds. The highest BCUT2D eigenvalue weighted by Crippen LogP contribution is 2.34. The maximum Gasteiger partial charge on any atom is 0.393 e. The Morgan fingerprint density at radius 3 is 2.74 bits per heavy atom. The molecule has 5 rings (SSSR count). The van der Waals surface area contributed by atoms with E-state index in [1.807, 2.05) is 12.1 Å². The summed E-state index contributed by atoms with van der Waals surface area (Å²) < 4.78 is 44.4. The van der Waals surface area contributed by atoms with Crippen molar-refractivity contribution in [2.24, 2.45) is 0 Å². The molecule has 34 heavy (non-hydrogen) atoms. The van der Waals surface area contributed by atoms with Gasteiger partial charge < -0.3 is 9.72 Å². The van der Waals surface area contributed by atoms with Gasteiger partial charge in [0.15, 0.2) is 0 Å². The Kier molecular flexibility index (Phi) is 5.91. The van der Waals surface area contributed by atoms with Crippen LogP contribution in [-0.2, 0) is 13.0 Å². The molecule has 1 aliphatic heterocycles. The van der Waals surface area contributed by atoms with E-state index in [4.69, 9.17) is 10.00 Å². The van der Waals surface area contributed by atoms with Gasteiger partial charge in [0.25, 0.3) is 0 Å². The van der Waals surface area contributed by atoms with Crippen molar-refractivity contribution in [2.45, 2.75) is 45.0 Å². The van der Waals surface area contributed by atoms with Crippen LogP contribution in [0.2, 0.25) is 0 Å². The van der Waals surface area contributed by atoms with Crippen LogP contribution >= 0.6 is 11.3 Å². The van der Waals surface area contributed by atoms with Gasteiger partial charge in [-0.1, -0.05) is 6.07 Å². The van der Waals surface area contributed by atoms with Gasteiger partial charge in [0.1, 0.15) is 29.0 Å². The topological polar surface area (TPSA) is 77.8 Å². The number of likely N-dealkylation sites (tertiary alicyclic amines) is 1. The van der Waals surface area contributed by atoms with Crippen LogP contribution in [0.25, 0.3) is 21.1 Å². The minimum Gasteiger partial charge on any atom is -0.474 e. The molecule has 1 aromatic carbocycles. The van der Waals surface area contributed by atoms with E-state index in [9.17, 15) is 13.2 Å². The summed E-state index contributed by atoms with van der Waals surface area (Å²) in [6.45, 7) is 4.58. The third-order valence-electron chi connectivity index (χ3n) is 6.23. The number of piperidine rings is 1. The van der Waals surface area contributed by atoms with Gasteiger partial charge in [0, 0.05) is 35.4 Å². The maximum atomic E-state index is 12.8. The number of aromatic amines is 1. The van der Waals surface area contributed by atoms with Gasteiger partial charge in [-0.2, -0.15) is 18.4 Å². The molecular weight excluding hydrogens is 463 g/mol. The average molecular weight is 486 g/mol. The van der Waals surface area contributed by atoms with Gasteiger partial charge >= 0.3 is 6.18 Å². The van der Waals surface area contributed by atoms with E-state index < -0.39 is 12.6 Å². The molecule has 4 aromatic rings. The fourth-order valence-corrected chi connectivity index (χ4v) is 5.49. The van der Waals surface area contributed by atoms with Crippen LogP contribution in [-0.4, -0.2) is 45.2 Å². The van der Waals surface area contributed by atoms with Gasteiger partial charge in [0.05, 0.1) is 11.8 Å². The summed E-state index contributed by atoms with van der Waals surface area (Å²) in [5.74, 6) is 0.357. The Labute approximate surface area is 198 Å². The molecule has 1 fully saturated rings. The molecule has 0 aliphatic carbocycles. The maximum absolute atomic E-state index is 12.8. The number of rotatable bonds is 5. The standard InChI is InChI=1S/C24H22F3N5OS/c1-14-15(2-3-21-19(14)8-16(11-28)31-21)12-32-6-4-17(5-7-32)33-22-20-9-18(10-24(25,26)27)34-23(20)30-13-29-22/h2-3,8-9,13,17,31H,4-7,10,12H2,1H3. The molecule has 1 saturated heterocycles. The fourth-order valence-electron chi connectivity index (χ4n) is 4.47. The Bertz CT molecular complexity index is 1380. The van der Waals surface area contributed by atoms with Crippen molar-refractivity contribution in [2.75, 3.05) is 13.1 Å². The van der Waals surface area contributed by atoms with Crippen LogP contribution < -0.4 is 4.74 Å². The third-order valence-corrected chi connectivity index (χ3v) is 7.27. The van der Waals surface area contributed by atoms with Crippen LogP contribution in [0.5, 0.6) is 5.88 Å². The zero-order valence-corrected chi connectivity index (χ0v) is 19.3. The number of alkyl halides is 3. The van der Waals surface area contributed by atoms with Crippen molar-refractivity contribution >= 4 is 32.5 Å². The lowest BCUT2D eigenvalue weighted by molar-refractivity contribution is -0.126. The number of aryl methyl sites for hydroxylation is 1. The molecular formula is C24H22F3N5OS. The van der Waals surface area contributed by atoms with Gasteiger partial charge in [-0.05, 0) is 49.1 Å². The lowest BCUT2D eigenvalue weighted by Gasteiger charge is -2.32. The highest BCUT2D eigenvalue weighted by Gasteiger charge is 2.29. The fraction of sp³-hybridized carbons (Fsp3) is 0.375. The minimum absolute atomic E-state index is 0.0493. The predicted octanol–water partition coefficient (Wildman–Crippen LogP) is 5.50. The first-order chi connectivity index (χ1) is 16.3. The summed E-state index contributed by atoms with van der Waals surface area (Å²) in [5, 5.41) is 10.8. The SMILES string of the molecule is Cc1c(CN2CCC(Oc3ncnc4sc(CC(F)(F)F)cc34)CC2)ccc2[nH]c(C#N)cc12. The van der Waals surface area contributed by atoms with E-state index in [2.05, 4.69) is 38.9 Å². The number of nitriles is 1. The highest BCUT2D eigenvalue weighted by molar-refractivity contribution is 7.18. The molecule has 1 N–H and O–H groups in total. The first-order valence-corrected chi connectivity index (χ1v) is 11.8. The second-order valence-electron chi connectivity index (χ2n) is 8.60. The third kappa shape index (κ3) is 4.72. The first-order valence-electron chi connectivity index (χ1n) is 11.0. The van der Waals surface area contributed by atoms with Crippen molar-refractivity contribution < 1.29 is 17.9 Å². The van der Waals surface area contributed by atoms with Crippen molar-refractivity contribution in [3.8, 4) is 11.9 Å². The Morgan fingerprint density at radius 2 is 2.00 bits per heavy atom. The molecule has 0 unspecified atom stereocenters. The van der Waals surface area contributed by atoms with Crippen molar-refractivity contribution in [1.82, 2.24) is 19.9 Å². The van der Waals surface area contributed by atoms with E-state index in [1.165, 1.54) is 23.5 Å². The zero-order valence-electron chi connectivity index (χ0n) is 18.4. The molecule has 0 bridgehead atoms. The smallest absolute Gasteiger partial charge is 0.393 e. The number of thiophene rings is 1. The van der Waals surface area contributed by atoms with Crippen LogP contribution in [0.3, 0.4) is 0 Å². The Morgan fingerprint density at radius 1 is 1.21 bits per heavy atom. The molecule has 176 valence electrons. The summed E-state index contributed by atoms with van der Waals surface area (Å²) >= 11 is 1.03. The van der Waals surface area contributed by atoms with E-state index in [1.54, 1.807) is 0 Å². The number of benzene rings is 1. The molecule has 1 aliphatic rings. The Balaban J connectivity index is 1.23. The molecule has 0 atom stereocenters. The Hall–Kier alpha value is -3.16. The van der Waals surface area contributed by atoms with Crippen LogP contribution in [0.4, 0.5) is 13.2 Å². The molecule has 0 saturated carbocycles. The van der Waals surface area contributed by atoms with Crippen LogP contribution in [0.15, 0.2) is 30.6 Å². The van der Waals surface area contributed by atoms with Gasteiger partial charge in [0.2, 0.25) is 5.88 Å². The molecule has 3 aromatic heterocycles. The van der Waals surface area contributed by atoms with Crippen molar-refractivity contribution in [3.05, 3.63) is 52.3 Å². The van der Waals surface area contributed by atoms with Gasteiger partial charge in [-0.3, -0.25) is 4.90 Å². The van der Waals surface area contributed by atoms with Crippen molar-refractivity contribution in [1.29, 1.82) is 5.26 Å². The second-order valence-corrected chi connectivity index (χ2v) is 9.72. The van der Waals surface area contributed by atoms with Crippen LogP contribution in [0, 0.1) is 18.3 Å². The second kappa shape index (κ2) is 8.89. The number of nitrogens with zero attached hydrogens (tertiary/aromatic N) is 4.